The van der Waals surface area contributed by atoms with E-state index in [1.54, 1.807) is 36.4 Å². The Bertz CT molecular complexity index is 1940. The average molecular weight is 727 g/mol. The van der Waals surface area contributed by atoms with Crippen LogP contribution in [0.4, 0.5) is 8.78 Å². The number of carbonyl (C=O) groups excluding carboxylic acids is 2. The first kappa shape index (κ1) is 38.9. The molecule has 0 spiro atoms. The molecule has 0 bridgehead atoms. The van der Waals surface area contributed by atoms with Gasteiger partial charge in [0.15, 0.2) is 0 Å². The number of aryl methyl sites for hydroxylation is 1. The summed E-state index contributed by atoms with van der Waals surface area (Å²) in [5.41, 5.74) is 6.71. The largest absolute Gasteiger partial charge is 0.396 e. The zero-order chi connectivity index (χ0) is 36.6. The third kappa shape index (κ3) is 9.47. The van der Waals surface area contributed by atoms with Crippen molar-refractivity contribution >= 4 is 33.1 Å². The molecule has 50 heavy (non-hydrogen) atoms. The second kappa shape index (κ2) is 17.4. The van der Waals surface area contributed by atoms with E-state index in [2.05, 4.69) is 0 Å². The standard InChI is InChI=1S/C39H45ClF2N2O5S/c1-25-31(41)20-21-32(42)33(25)34-35(39(43)47)36(30(24-50(3,48)49)28-14-12-15-29(40)23-28)44(2)37(34)38(46)27-18-16-26(17-19-27)13-10-8-6-4-5-7-9-11-22-45/h12,14-21,23,30,45H,4-11,13,22,24H2,1-3H3,(H2,43,47). The van der Waals surface area contributed by atoms with E-state index in [0.29, 0.717) is 10.6 Å². The number of benzene rings is 3. The van der Waals surface area contributed by atoms with E-state index < -0.39 is 44.8 Å². The van der Waals surface area contributed by atoms with Gasteiger partial charge in [-0.05, 0) is 67.1 Å². The van der Waals surface area contributed by atoms with E-state index in [0.717, 1.165) is 81.7 Å². The van der Waals surface area contributed by atoms with Crippen LogP contribution in [-0.2, 0) is 23.3 Å². The molecule has 268 valence electrons. The first-order valence-electron chi connectivity index (χ1n) is 16.9. The Labute approximate surface area is 298 Å². The summed E-state index contributed by atoms with van der Waals surface area (Å²) in [5.74, 6) is -4.77. The Kier molecular flexibility index (Phi) is 13.5. The molecular weight excluding hydrogens is 682 g/mol. The van der Waals surface area contributed by atoms with E-state index in [-0.39, 0.29) is 45.8 Å². The highest BCUT2D eigenvalue weighted by Crippen LogP contribution is 2.42. The lowest BCUT2D eigenvalue weighted by atomic mass is 9.89. The van der Waals surface area contributed by atoms with Crippen molar-refractivity contribution in [2.75, 3.05) is 18.6 Å². The number of nitrogens with zero attached hydrogens (tertiary/aromatic N) is 1. The highest BCUT2D eigenvalue weighted by molar-refractivity contribution is 7.90. The number of halogens is 3. The third-order valence-corrected chi connectivity index (χ3v) is 10.3. The molecular formula is C39H45ClF2N2O5S. The van der Waals surface area contributed by atoms with Gasteiger partial charge in [0.1, 0.15) is 21.5 Å². The van der Waals surface area contributed by atoms with E-state index in [4.69, 9.17) is 22.4 Å². The fourth-order valence-electron chi connectivity index (χ4n) is 6.65. The van der Waals surface area contributed by atoms with Crippen LogP contribution >= 0.6 is 11.6 Å². The summed E-state index contributed by atoms with van der Waals surface area (Å²) >= 11 is 6.30. The van der Waals surface area contributed by atoms with Crippen molar-refractivity contribution in [2.24, 2.45) is 12.8 Å². The number of hydrogen-bond donors (Lipinski definition) is 2. The fraction of sp³-hybridized carbons (Fsp3) is 0.385. The lowest BCUT2D eigenvalue weighted by Gasteiger charge is -2.20. The Morgan fingerprint density at radius 2 is 1.48 bits per heavy atom. The van der Waals surface area contributed by atoms with Crippen LogP contribution in [0.25, 0.3) is 11.1 Å². The fourth-order valence-corrected chi connectivity index (χ4v) is 7.80. The second-order valence-corrected chi connectivity index (χ2v) is 15.6. The smallest absolute Gasteiger partial charge is 0.251 e. The molecule has 3 aromatic carbocycles. The predicted octanol–water partition coefficient (Wildman–Crippen LogP) is 8.09. The summed E-state index contributed by atoms with van der Waals surface area (Å²) in [5, 5.41) is 9.21. The molecule has 1 aromatic heterocycles. The number of nitrogens with two attached hydrogens (primary N) is 1. The van der Waals surface area contributed by atoms with Gasteiger partial charge in [-0.25, -0.2) is 17.2 Å². The molecule has 1 heterocycles. The quantitative estimate of drug-likeness (QED) is 0.0794. The van der Waals surface area contributed by atoms with Crippen LogP contribution in [-0.4, -0.2) is 48.4 Å². The van der Waals surface area contributed by atoms with Crippen LogP contribution < -0.4 is 5.73 Å². The minimum absolute atomic E-state index is 0.0663. The van der Waals surface area contributed by atoms with E-state index in [1.165, 1.54) is 18.5 Å². The van der Waals surface area contributed by atoms with E-state index in [1.807, 2.05) is 12.1 Å². The van der Waals surface area contributed by atoms with Crippen molar-refractivity contribution in [2.45, 2.75) is 70.6 Å². The van der Waals surface area contributed by atoms with Crippen molar-refractivity contribution in [1.82, 2.24) is 4.57 Å². The van der Waals surface area contributed by atoms with Gasteiger partial charge < -0.3 is 15.4 Å². The van der Waals surface area contributed by atoms with Crippen LogP contribution in [0.2, 0.25) is 5.02 Å². The number of amides is 1. The van der Waals surface area contributed by atoms with E-state index in [9.17, 15) is 18.0 Å². The molecule has 4 rings (SSSR count). The summed E-state index contributed by atoms with van der Waals surface area (Å²) in [7, 11) is -2.22. The molecule has 1 unspecified atom stereocenters. The number of rotatable bonds is 18. The SMILES string of the molecule is Cc1c(F)ccc(F)c1-c1c(C(N)=O)c(C(CS(C)(=O)=O)c2cccc(Cl)c2)n(C)c1C(=O)c1ccc(CCCCCCCCCCO)cc1. The summed E-state index contributed by atoms with van der Waals surface area (Å²) in [6.45, 7) is 1.59. The molecule has 1 amide bonds. The van der Waals surface area contributed by atoms with Gasteiger partial charge in [-0.2, -0.15) is 0 Å². The maximum atomic E-state index is 15.8. The number of aliphatic hydroxyl groups is 1. The topological polar surface area (TPSA) is 119 Å². The van der Waals surface area contributed by atoms with Crippen molar-refractivity contribution in [3.05, 3.63) is 117 Å². The lowest BCUT2D eigenvalue weighted by molar-refractivity contribution is 0.0998. The van der Waals surface area contributed by atoms with Crippen LogP contribution in [0.1, 0.15) is 106 Å². The summed E-state index contributed by atoms with van der Waals surface area (Å²) in [4.78, 5) is 27.8. The highest BCUT2D eigenvalue weighted by atomic mass is 35.5. The van der Waals surface area contributed by atoms with Crippen molar-refractivity contribution in [1.29, 1.82) is 0 Å². The molecule has 0 saturated heterocycles. The average Bonchev–Trinajstić information content (AvgIpc) is 3.36. The molecule has 0 saturated carbocycles. The zero-order valence-corrected chi connectivity index (χ0v) is 30.3. The Morgan fingerprint density at radius 1 is 0.880 bits per heavy atom. The molecule has 3 N–H and O–H groups in total. The number of aliphatic hydroxyl groups excluding tert-OH is 1. The van der Waals surface area contributed by atoms with Crippen LogP contribution in [0, 0.1) is 18.6 Å². The first-order valence-corrected chi connectivity index (χ1v) is 19.3. The summed E-state index contributed by atoms with van der Waals surface area (Å²) < 4.78 is 57.8. The van der Waals surface area contributed by atoms with Crippen LogP contribution in [0.15, 0.2) is 60.7 Å². The van der Waals surface area contributed by atoms with Gasteiger partial charge in [0.05, 0.1) is 17.0 Å². The molecule has 0 aliphatic carbocycles. The molecule has 0 radical (unpaired) electrons. The number of primary amides is 1. The Balaban J connectivity index is 1.79. The molecule has 0 aliphatic heterocycles. The molecule has 0 aliphatic rings. The van der Waals surface area contributed by atoms with Crippen LogP contribution in [0.5, 0.6) is 0 Å². The number of hydrogen-bond acceptors (Lipinski definition) is 5. The minimum Gasteiger partial charge on any atom is -0.396 e. The van der Waals surface area contributed by atoms with Gasteiger partial charge in [0.2, 0.25) is 5.78 Å². The predicted molar refractivity (Wildman–Crippen MR) is 195 cm³/mol. The minimum atomic E-state index is -3.71. The van der Waals surface area contributed by atoms with Crippen molar-refractivity contribution < 1.29 is 31.9 Å². The number of unbranched alkanes of at least 4 members (excludes halogenated alkanes) is 7. The monoisotopic (exact) mass is 726 g/mol. The number of ketones is 1. The van der Waals surface area contributed by atoms with Gasteiger partial charge in [0, 0.05) is 53.2 Å². The molecule has 0 fully saturated rings. The number of sulfone groups is 1. The van der Waals surface area contributed by atoms with Gasteiger partial charge in [-0.3, -0.25) is 9.59 Å². The highest BCUT2D eigenvalue weighted by Gasteiger charge is 2.36. The molecule has 4 aromatic rings. The number of carbonyl (C=O) groups is 2. The first-order chi connectivity index (χ1) is 23.7. The molecule has 11 heteroatoms. The summed E-state index contributed by atoms with van der Waals surface area (Å²) in [6, 6.07) is 15.4. The maximum Gasteiger partial charge on any atom is 0.251 e. The van der Waals surface area contributed by atoms with Gasteiger partial charge in [0.25, 0.3) is 5.91 Å². The van der Waals surface area contributed by atoms with Crippen molar-refractivity contribution in [3.63, 3.8) is 0 Å². The van der Waals surface area contributed by atoms with Gasteiger partial charge in [-0.15, -0.1) is 0 Å². The Hall–Kier alpha value is -3.86. The van der Waals surface area contributed by atoms with Crippen LogP contribution in [0.3, 0.4) is 0 Å². The summed E-state index contributed by atoms with van der Waals surface area (Å²) in [6.07, 6.45) is 10.4. The number of aromatic nitrogens is 1. The lowest BCUT2D eigenvalue weighted by Crippen LogP contribution is -2.22. The van der Waals surface area contributed by atoms with Gasteiger partial charge >= 0.3 is 0 Å². The van der Waals surface area contributed by atoms with Crippen molar-refractivity contribution in [3.8, 4) is 11.1 Å². The molecule has 7 nitrogen and oxygen atoms in total. The Morgan fingerprint density at radius 3 is 2.06 bits per heavy atom. The third-order valence-electron chi connectivity index (χ3n) is 9.14. The second-order valence-electron chi connectivity index (χ2n) is 13.0. The maximum absolute atomic E-state index is 15.8. The van der Waals surface area contributed by atoms with Gasteiger partial charge in [-0.1, -0.05) is 86.5 Å². The molecule has 1 atom stereocenters. The zero-order valence-electron chi connectivity index (χ0n) is 28.8. The normalized spacial score (nSPS) is 12.3. The van der Waals surface area contributed by atoms with E-state index >= 15 is 8.78 Å².